The molecule has 0 nitrogen and oxygen atoms in total. The second kappa shape index (κ2) is 12.4. The van der Waals surface area contributed by atoms with Gasteiger partial charge in [0.2, 0.25) is 0 Å². The van der Waals surface area contributed by atoms with E-state index in [1.807, 2.05) is 0 Å². The minimum atomic E-state index is -3.97. The maximum absolute atomic E-state index is 12.2. The maximum atomic E-state index is 12.2. The maximum Gasteiger partial charge on any atom is 0.389 e. The molecule has 160 valence electrons. The van der Waals surface area contributed by atoms with E-state index >= 15 is 0 Å². The van der Waals surface area contributed by atoms with Gasteiger partial charge in [0.15, 0.2) is 0 Å². The van der Waals surface area contributed by atoms with Gasteiger partial charge in [0.25, 0.3) is 0 Å². The van der Waals surface area contributed by atoms with Gasteiger partial charge in [0.05, 0.1) is 0 Å². The van der Waals surface area contributed by atoms with E-state index in [1.54, 1.807) is 0 Å². The van der Waals surface area contributed by atoms with Gasteiger partial charge in [-0.3, -0.25) is 0 Å². The van der Waals surface area contributed by atoms with Crippen LogP contribution in [0.5, 0.6) is 0 Å². The molecule has 2 aliphatic rings. The number of halogens is 3. The topological polar surface area (TPSA) is 0 Å². The van der Waals surface area contributed by atoms with Crippen LogP contribution < -0.4 is 0 Å². The van der Waals surface area contributed by atoms with Crippen molar-refractivity contribution in [1.29, 1.82) is 0 Å². The fourth-order valence-corrected chi connectivity index (χ4v) is 5.69. The van der Waals surface area contributed by atoms with Gasteiger partial charge in [-0.15, -0.1) is 0 Å². The van der Waals surface area contributed by atoms with Crippen LogP contribution in [-0.4, -0.2) is 6.18 Å². The SMILES string of the molecule is CCCCCCCC1CCC(C2CCC(CCCCC(F)(F)F)CC2)CC1. The number of alkyl halides is 3. The molecule has 0 radical (unpaired) electrons. The summed E-state index contributed by atoms with van der Waals surface area (Å²) < 4.78 is 36.7. The monoisotopic (exact) mass is 388 g/mol. The molecule has 0 aromatic heterocycles. The summed E-state index contributed by atoms with van der Waals surface area (Å²) in [6.07, 6.45) is 17.1. The lowest BCUT2D eigenvalue weighted by atomic mass is 9.68. The van der Waals surface area contributed by atoms with E-state index in [0.29, 0.717) is 12.3 Å². The molecule has 27 heavy (non-hydrogen) atoms. The van der Waals surface area contributed by atoms with Crippen molar-refractivity contribution in [2.24, 2.45) is 23.7 Å². The zero-order chi connectivity index (χ0) is 19.5. The molecule has 0 bridgehead atoms. The summed E-state index contributed by atoms with van der Waals surface area (Å²) in [6.45, 7) is 2.28. The van der Waals surface area contributed by atoms with Crippen molar-refractivity contribution >= 4 is 0 Å². The van der Waals surface area contributed by atoms with Crippen LogP contribution in [0.2, 0.25) is 0 Å². The standard InChI is InChI=1S/C24H43F3/c1-2-3-4-5-6-9-20-11-15-22(16-12-20)23-17-13-21(14-18-23)10-7-8-19-24(25,26)27/h20-23H,2-19H2,1H3. The molecule has 0 atom stereocenters. The van der Waals surface area contributed by atoms with Crippen LogP contribution in [0.3, 0.4) is 0 Å². The Balaban J connectivity index is 1.52. The van der Waals surface area contributed by atoms with E-state index in [0.717, 1.165) is 30.6 Å². The molecule has 0 heterocycles. The Bertz CT molecular complexity index is 360. The predicted octanol–water partition coefficient (Wildman–Crippen LogP) is 9.08. The zero-order valence-electron chi connectivity index (χ0n) is 17.7. The highest BCUT2D eigenvalue weighted by atomic mass is 19.4. The first kappa shape index (κ1) is 23.1. The van der Waals surface area contributed by atoms with Crippen LogP contribution in [0, 0.1) is 23.7 Å². The van der Waals surface area contributed by atoms with E-state index in [-0.39, 0.29) is 0 Å². The van der Waals surface area contributed by atoms with Gasteiger partial charge < -0.3 is 0 Å². The molecule has 2 fully saturated rings. The second-order valence-corrected chi connectivity index (χ2v) is 9.63. The summed E-state index contributed by atoms with van der Waals surface area (Å²) >= 11 is 0. The minimum absolute atomic E-state index is 0.325. The summed E-state index contributed by atoms with van der Waals surface area (Å²) in [6, 6.07) is 0. The molecule has 0 saturated heterocycles. The zero-order valence-corrected chi connectivity index (χ0v) is 17.7. The molecule has 0 aromatic carbocycles. The van der Waals surface area contributed by atoms with Crippen LogP contribution in [0.4, 0.5) is 13.2 Å². The molecule has 0 unspecified atom stereocenters. The summed E-state index contributed by atoms with van der Waals surface area (Å²) in [4.78, 5) is 0. The van der Waals surface area contributed by atoms with Crippen LogP contribution in [0.1, 0.15) is 122 Å². The lowest BCUT2D eigenvalue weighted by Crippen LogP contribution is -2.26. The van der Waals surface area contributed by atoms with E-state index in [2.05, 4.69) is 6.92 Å². The van der Waals surface area contributed by atoms with Gasteiger partial charge in [-0.2, -0.15) is 13.2 Å². The molecule has 0 spiro atoms. The van der Waals surface area contributed by atoms with Crippen molar-refractivity contribution in [3.63, 3.8) is 0 Å². The quantitative estimate of drug-likeness (QED) is 0.310. The molecule has 2 saturated carbocycles. The average molecular weight is 389 g/mol. The summed E-state index contributed by atoms with van der Waals surface area (Å²) in [7, 11) is 0. The number of unbranched alkanes of at least 4 members (excludes halogenated alkanes) is 5. The van der Waals surface area contributed by atoms with Crippen LogP contribution in [0.15, 0.2) is 0 Å². The third-order valence-corrected chi connectivity index (χ3v) is 7.49. The second-order valence-electron chi connectivity index (χ2n) is 9.63. The Morgan fingerprint density at radius 3 is 1.48 bits per heavy atom. The van der Waals surface area contributed by atoms with Gasteiger partial charge in [0.1, 0.15) is 0 Å². The molecule has 0 aliphatic heterocycles. The van der Waals surface area contributed by atoms with Crippen molar-refractivity contribution in [3.05, 3.63) is 0 Å². The average Bonchev–Trinajstić information content (AvgIpc) is 2.65. The van der Waals surface area contributed by atoms with Crippen molar-refractivity contribution in [2.75, 3.05) is 0 Å². The van der Waals surface area contributed by atoms with Gasteiger partial charge >= 0.3 is 6.18 Å². The molecule has 0 aromatic rings. The van der Waals surface area contributed by atoms with E-state index in [1.165, 1.54) is 89.9 Å². The molecule has 0 N–H and O–H groups in total. The Labute approximate surface area is 166 Å². The molecule has 2 rings (SSSR count). The van der Waals surface area contributed by atoms with Gasteiger partial charge in [-0.1, -0.05) is 84.0 Å². The van der Waals surface area contributed by atoms with Crippen molar-refractivity contribution < 1.29 is 13.2 Å². The Morgan fingerprint density at radius 1 is 0.593 bits per heavy atom. The normalized spacial score (nSPS) is 29.8. The van der Waals surface area contributed by atoms with Gasteiger partial charge in [-0.25, -0.2) is 0 Å². The predicted molar refractivity (Wildman–Crippen MR) is 109 cm³/mol. The van der Waals surface area contributed by atoms with E-state index in [4.69, 9.17) is 0 Å². The Hall–Kier alpha value is -0.210. The van der Waals surface area contributed by atoms with Crippen molar-refractivity contribution in [3.8, 4) is 0 Å². The summed E-state index contributed by atoms with van der Waals surface area (Å²) in [5, 5.41) is 0. The highest BCUT2D eigenvalue weighted by molar-refractivity contribution is 4.82. The fourth-order valence-electron chi connectivity index (χ4n) is 5.69. The smallest absolute Gasteiger partial charge is 0.171 e. The van der Waals surface area contributed by atoms with Crippen molar-refractivity contribution in [2.45, 2.75) is 129 Å². The summed E-state index contributed by atoms with van der Waals surface area (Å²) in [5.41, 5.74) is 0. The van der Waals surface area contributed by atoms with Crippen molar-refractivity contribution in [1.82, 2.24) is 0 Å². The third-order valence-electron chi connectivity index (χ3n) is 7.49. The molecular weight excluding hydrogens is 345 g/mol. The minimum Gasteiger partial charge on any atom is -0.171 e. The Morgan fingerprint density at radius 2 is 1.04 bits per heavy atom. The largest absolute Gasteiger partial charge is 0.389 e. The highest BCUT2D eigenvalue weighted by Gasteiger charge is 2.31. The van der Waals surface area contributed by atoms with Gasteiger partial charge in [0, 0.05) is 6.42 Å². The number of hydrogen-bond donors (Lipinski definition) is 0. The molecular formula is C24H43F3. The highest BCUT2D eigenvalue weighted by Crippen LogP contribution is 2.43. The Kier molecular flexibility index (Phi) is 10.6. The third kappa shape index (κ3) is 9.70. The first-order valence-corrected chi connectivity index (χ1v) is 12.0. The van der Waals surface area contributed by atoms with Crippen LogP contribution in [0.25, 0.3) is 0 Å². The lowest BCUT2D eigenvalue weighted by Gasteiger charge is -2.38. The van der Waals surface area contributed by atoms with Gasteiger partial charge in [-0.05, 0) is 55.8 Å². The fraction of sp³-hybridized carbons (Fsp3) is 1.00. The molecule has 3 heteroatoms. The lowest BCUT2D eigenvalue weighted by molar-refractivity contribution is -0.135. The number of hydrogen-bond acceptors (Lipinski definition) is 0. The molecule has 0 amide bonds. The van der Waals surface area contributed by atoms with E-state index in [9.17, 15) is 13.2 Å². The number of rotatable bonds is 11. The first-order chi connectivity index (χ1) is 13.0. The van der Waals surface area contributed by atoms with Crippen LogP contribution in [-0.2, 0) is 0 Å². The van der Waals surface area contributed by atoms with E-state index < -0.39 is 12.6 Å². The van der Waals surface area contributed by atoms with Crippen LogP contribution >= 0.6 is 0 Å². The summed E-state index contributed by atoms with van der Waals surface area (Å²) in [5.74, 6) is 3.57. The first-order valence-electron chi connectivity index (χ1n) is 12.0. The molecule has 2 aliphatic carbocycles.